The van der Waals surface area contributed by atoms with Crippen molar-refractivity contribution in [3.63, 3.8) is 0 Å². The Kier molecular flexibility index (Phi) is 6.24. The molecule has 0 spiro atoms. The molecule has 5 rings (SSSR count). The van der Waals surface area contributed by atoms with Gasteiger partial charge in [0, 0.05) is 24.4 Å². The quantitative estimate of drug-likeness (QED) is 0.285. The fourth-order valence-electron chi connectivity index (χ4n) is 4.56. The second-order valence-corrected chi connectivity index (χ2v) is 9.72. The van der Waals surface area contributed by atoms with Crippen molar-refractivity contribution in [3.8, 4) is 5.69 Å². The van der Waals surface area contributed by atoms with Crippen molar-refractivity contribution in [2.24, 2.45) is 0 Å². The minimum Gasteiger partial charge on any atom is -0.339 e. The van der Waals surface area contributed by atoms with Crippen LogP contribution in [0.25, 0.3) is 16.6 Å². The minimum atomic E-state index is -0.0583. The van der Waals surface area contributed by atoms with Gasteiger partial charge in [0.2, 0.25) is 0 Å². The zero-order valence-corrected chi connectivity index (χ0v) is 20.3. The van der Waals surface area contributed by atoms with Gasteiger partial charge in [-0.1, -0.05) is 54.2 Å². The number of nitrogens with zero attached hydrogens (tertiary/aromatic N) is 3. The van der Waals surface area contributed by atoms with Gasteiger partial charge in [0.25, 0.3) is 11.5 Å². The molecule has 0 bridgehead atoms. The monoisotopic (exact) mass is 469 g/mol. The molecule has 34 heavy (non-hydrogen) atoms. The van der Waals surface area contributed by atoms with Crippen molar-refractivity contribution in [1.82, 2.24) is 14.5 Å². The standard InChI is InChI=1S/C28H27N3O2S/c1-19-8-7-9-20(2)25(19)31-27(33)23-10-3-4-11-24(23)29-28(31)34-18-21-12-14-22(15-13-21)26(32)30-16-5-6-17-30/h3-4,7-15H,5-6,16-18H2,1-2H3. The Hall–Kier alpha value is -3.38. The zero-order chi connectivity index (χ0) is 23.7. The number of amides is 1. The van der Waals surface area contributed by atoms with Crippen LogP contribution in [0.3, 0.4) is 0 Å². The van der Waals surface area contributed by atoms with Crippen molar-refractivity contribution < 1.29 is 4.79 Å². The van der Waals surface area contributed by atoms with Crippen molar-refractivity contribution >= 4 is 28.6 Å². The molecule has 3 aromatic carbocycles. The number of thioether (sulfide) groups is 1. The van der Waals surface area contributed by atoms with E-state index in [9.17, 15) is 9.59 Å². The highest BCUT2D eigenvalue weighted by Gasteiger charge is 2.20. The van der Waals surface area contributed by atoms with Crippen molar-refractivity contribution in [3.05, 3.63) is 99.3 Å². The average Bonchev–Trinajstić information content (AvgIpc) is 3.39. The SMILES string of the molecule is Cc1cccc(C)c1-n1c(SCc2ccc(C(=O)N3CCCC3)cc2)nc2ccccc2c1=O. The molecule has 6 heteroatoms. The summed E-state index contributed by atoms with van der Waals surface area (Å²) in [6.45, 7) is 5.74. The molecule has 0 aliphatic carbocycles. The lowest BCUT2D eigenvalue weighted by Crippen LogP contribution is -2.27. The van der Waals surface area contributed by atoms with Gasteiger partial charge < -0.3 is 4.90 Å². The maximum absolute atomic E-state index is 13.6. The third kappa shape index (κ3) is 4.26. The fraction of sp³-hybridized carbons (Fsp3) is 0.250. The summed E-state index contributed by atoms with van der Waals surface area (Å²) in [6, 6.07) is 21.4. The van der Waals surface area contributed by atoms with Crippen LogP contribution in [-0.2, 0) is 5.75 Å². The van der Waals surface area contributed by atoms with E-state index in [2.05, 4.69) is 0 Å². The Morgan fingerprint density at radius 1 is 0.912 bits per heavy atom. The Labute approximate surface area is 203 Å². The summed E-state index contributed by atoms with van der Waals surface area (Å²) in [5.41, 5.74) is 5.41. The topological polar surface area (TPSA) is 55.2 Å². The van der Waals surface area contributed by atoms with Crippen LogP contribution in [0.2, 0.25) is 0 Å². The molecule has 172 valence electrons. The predicted molar refractivity (Wildman–Crippen MR) is 138 cm³/mol. The second-order valence-electron chi connectivity index (χ2n) is 8.78. The molecule has 4 aromatic rings. The van der Waals surface area contributed by atoms with Crippen LogP contribution in [0.15, 0.2) is 76.7 Å². The number of aryl methyl sites for hydroxylation is 2. The number of carbonyl (C=O) groups excluding carboxylic acids is 1. The van der Waals surface area contributed by atoms with Gasteiger partial charge in [-0.2, -0.15) is 0 Å². The van der Waals surface area contributed by atoms with Crippen LogP contribution in [0.1, 0.15) is 39.9 Å². The highest BCUT2D eigenvalue weighted by molar-refractivity contribution is 7.98. The minimum absolute atomic E-state index is 0.0583. The van der Waals surface area contributed by atoms with Gasteiger partial charge in [-0.25, -0.2) is 4.98 Å². The Morgan fingerprint density at radius 3 is 2.29 bits per heavy atom. The van der Waals surface area contributed by atoms with E-state index >= 15 is 0 Å². The predicted octanol–water partition coefficient (Wildman–Crippen LogP) is 5.53. The van der Waals surface area contributed by atoms with Crippen molar-refractivity contribution in [1.29, 1.82) is 0 Å². The van der Waals surface area contributed by atoms with Crippen LogP contribution < -0.4 is 5.56 Å². The molecule has 1 aliphatic heterocycles. The third-order valence-corrected chi connectivity index (χ3v) is 7.38. The maximum atomic E-state index is 13.6. The summed E-state index contributed by atoms with van der Waals surface area (Å²) in [6.07, 6.45) is 2.17. The smallest absolute Gasteiger partial charge is 0.266 e. The van der Waals surface area contributed by atoms with Gasteiger partial charge in [0.05, 0.1) is 16.6 Å². The number of hydrogen-bond acceptors (Lipinski definition) is 4. The van der Waals surface area contributed by atoms with Crippen LogP contribution in [0, 0.1) is 13.8 Å². The first-order valence-electron chi connectivity index (χ1n) is 11.6. The Balaban J connectivity index is 1.48. The highest BCUT2D eigenvalue weighted by atomic mass is 32.2. The van der Waals surface area contributed by atoms with Gasteiger partial charge in [-0.15, -0.1) is 0 Å². The van der Waals surface area contributed by atoms with Crippen molar-refractivity contribution in [2.45, 2.75) is 37.6 Å². The number of fused-ring (bicyclic) bond motifs is 1. The molecule has 1 saturated heterocycles. The fourth-order valence-corrected chi connectivity index (χ4v) is 5.51. The highest BCUT2D eigenvalue weighted by Crippen LogP contribution is 2.28. The van der Waals surface area contributed by atoms with Crippen molar-refractivity contribution in [2.75, 3.05) is 13.1 Å². The largest absolute Gasteiger partial charge is 0.339 e. The van der Waals surface area contributed by atoms with Crippen LogP contribution in [0.4, 0.5) is 0 Å². The van der Waals surface area contributed by atoms with E-state index in [1.165, 1.54) is 11.8 Å². The van der Waals surface area contributed by atoms with E-state index in [1.807, 2.05) is 85.5 Å². The molecule has 0 N–H and O–H groups in total. The van der Waals surface area contributed by atoms with Gasteiger partial charge >= 0.3 is 0 Å². The first-order chi connectivity index (χ1) is 16.5. The number of carbonyl (C=O) groups is 1. The van der Waals surface area contributed by atoms with Crippen LogP contribution in [-0.4, -0.2) is 33.4 Å². The summed E-state index contributed by atoms with van der Waals surface area (Å²) >= 11 is 1.54. The molecular formula is C28H27N3O2S. The van der Waals surface area contributed by atoms with Gasteiger partial charge in [0.15, 0.2) is 5.16 Å². The molecule has 2 heterocycles. The molecule has 1 amide bonds. The lowest BCUT2D eigenvalue weighted by molar-refractivity contribution is 0.0793. The number of likely N-dealkylation sites (tertiary alicyclic amines) is 1. The summed E-state index contributed by atoms with van der Waals surface area (Å²) in [4.78, 5) is 33.0. The second kappa shape index (κ2) is 9.47. The molecule has 1 aliphatic rings. The lowest BCUT2D eigenvalue weighted by Gasteiger charge is -2.17. The number of benzene rings is 3. The van der Waals surface area contributed by atoms with Crippen LogP contribution >= 0.6 is 11.8 Å². The molecule has 5 nitrogen and oxygen atoms in total. The summed E-state index contributed by atoms with van der Waals surface area (Å²) in [5, 5.41) is 1.28. The number of hydrogen-bond donors (Lipinski definition) is 0. The lowest BCUT2D eigenvalue weighted by atomic mass is 10.1. The molecule has 0 atom stereocenters. The molecule has 1 fully saturated rings. The van der Waals surface area contributed by atoms with Crippen LogP contribution in [0.5, 0.6) is 0 Å². The first kappa shape index (κ1) is 22.4. The Morgan fingerprint density at radius 2 is 1.59 bits per heavy atom. The summed E-state index contributed by atoms with van der Waals surface area (Å²) in [5.74, 6) is 0.755. The molecule has 0 unspecified atom stereocenters. The summed E-state index contributed by atoms with van der Waals surface area (Å²) < 4.78 is 1.75. The van der Waals surface area contributed by atoms with Gasteiger partial charge in [-0.3, -0.25) is 14.2 Å². The number of aromatic nitrogens is 2. The average molecular weight is 470 g/mol. The number of rotatable bonds is 5. The van der Waals surface area contributed by atoms with Gasteiger partial charge in [-0.05, 0) is 67.6 Å². The number of para-hydroxylation sites is 2. The first-order valence-corrected chi connectivity index (χ1v) is 12.6. The van der Waals surface area contributed by atoms with E-state index in [-0.39, 0.29) is 11.5 Å². The molecular weight excluding hydrogens is 442 g/mol. The van der Waals surface area contributed by atoms with E-state index in [0.717, 1.165) is 53.9 Å². The molecule has 0 saturated carbocycles. The summed E-state index contributed by atoms with van der Waals surface area (Å²) in [7, 11) is 0. The maximum Gasteiger partial charge on any atom is 0.266 e. The van der Waals surface area contributed by atoms with E-state index in [0.29, 0.717) is 21.8 Å². The molecule has 1 aromatic heterocycles. The van der Waals surface area contributed by atoms with Gasteiger partial charge in [0.1, 0.15) is 0 Å². The molecule has 0 radical (unpaired) electrons. The van der Waals surface area contributed by atoms with E-state index in [4.69, 9.17) is 4.98 Å². The van der Waals surface area contributed by atoms with E-state index < -0.39 is 0 Å². The Bertz CT molecular complexity index is 1400. The zero-order valence-electron chi connectivity index (χ0n) is 19.5. The van der Waals surface area contributed by atoms with E-state index in [1.54, 1.807) is 4.57 Å². The third-order valence-electron chi connectivity index (χ3n) is 6.37. The normalized spacial score (nSPS) is 13.5.